The summed E-state index contributed by atoms with van der Waals surface area (Å²) in [6.45, 7) is 3.55. The van der Waals surface area contributed by atoms with E-state index in [2.05, 4.69) is 20.9 Å². The van der Waals surface area contributed by atoms with Crippen molar-refractivity contribution in [3.05, 3.63) is 22.3 Å². The van der Waals surface area contributed by atoms with Crippen LogP contribution in [0.4, 0.5) is 0 Å². The van der Waals surface area contributed by atoms with Crippen LogP contribution in [0.1, 0.15) is 24.8 Å². The molecule has 1 aromatic heterocycles. The monoisotopic (exact) mass is 298 g/mol. The molecule has 1 saturated carbocycles. The van der Waals surface area contributed by atoms with Crippen molar-refractivity contribution in [2.75, 3.05) is 13.2 Å². The van der Waals surface area contributed by atoms with Crippen molar-refractivity contribution < 1.29 is 4.74 Å². The molecule has 4 heteroatoms. The lowest BCUT2D eigenvalue weighted by Crippen LogP contribution is -2.23. The van der Waals surface area contributed by atoms with Crippen molar-refractivity contribution in [3.8, 4) is 5.88 Å². The number of aromatic nitrogens is 1. The lowest BCUT2D eigenvalue weighted by atomic mass is 9.97. The number of aryl methyl sites for hydroxylation is 1. The minimum absolute atomic E-state index is 0.592. The normalized spacial score (nSPS) is 23.9. The van der Waals surface area contributed by atoms with Crippen molar-refractivity contribution in [1.82, 2.24) is 4.98 Å². The average molecular weight is 299 g/mol. The van der Waals surface area contributed by atoms with E-state index in [0.29, 0.717) is 17.7 Å². The van der Waals surface area contributed by atoms with Crippen molar-refractivity contribution in [3.63, 3.8) is 0 Å². The molecule has 0 aliphatic heterocycles. The smallest absolute Gasteiger partial charge is 0.228 e. The van der Waals surface area contributed by atoms with Crippen molar-refractivity contribution in [2.24, 2.45) is 17.6 Å². The zero-order chi connectivity index (χ0) is 12.3. The van der Waals surface area contributed by atoms with E-state index in [1.165, 1.54) is 19.3 Å². The van der Waals surface area contributed by atoms with Crippen LogP contribution < -0.4 is 10.5 Å². The first-order valence-electron chi connectivity index (χ1n) is 6.16. The molecule has 2 unspecified atom stereocenters. The lowest BCUT2D eigenvalue weighted by molar-refractivity contribution is 0.209. The largest absolute Gasteiger partial charge is 0.477 e. The summed E-state index contributed by atoms with van der Waals surface area (Å²) in [6, 6.07) is 1.97. The van der Waals surface area contributed by atoms with Gasteiger partial charge in [0.05, 0.1) is 11.1 Å². The molecule has 2 rings (SSSR count). The standard InChI is InChI=1S/C13H19BrN2O/c1-9-5-6-16-13(12(9)14)17-8-11-4-2-3-10(11)7-15/h5-6,10-11H,2-4,7-8,15H2,1H3. The third-order valence-corrected chi connectivity index (χ3v) is 4.57. The molecule has 0 saturated heterocycles. The highest BCUT2D eigenvalue weighted by Gasteiger charge is 2.26. The van der Waals surface area contributed by atoms with Crippen molar-refractivity contribution in [2.45, 2.75) is 26.2 Å². The maximum Gasteiger partial charge on any atom is 0.228 e. The Balaban J connectivity index is 1.95. The van der Waals surface area contributed by atoms with Gasteiger partial charge < -0.3 is 10.5 Å². The summed E-state index contributed by atoms with van der Waals surface area (Å²) in [5.74, 6) is 1.92. The van der Waals surface area contributed by atoms with Gasteiger partial charge in [0.25, 0.3) is 0 Å². The molecule has 0 bridgehead atoms. The van der Waals surface area contributed by atoms with E-state index in [1.54, 1.807) is 6.20 Å². The number of nitrogens with zero attached hydrogens (tertiary/aromatic N) is 1. The number of hydrogen-bond donors (Lipinski definition) is 1. The maximum atomic E-state index is 5.82. The number of pyridine rings is 1. The molecule has 94 valence electrons. The quantitative estimate of drug-likeness (QED) is 0.930. The molecule has 1 aliphatic rings. The van der Waals surface area contributed by atoms with Crippen LogP contribution in [0, 0.1) is 18.8 Å². The fourth-order valence-electron chi connectivity index (χ4n) is 2.45. The van der Waals surface area contributed by atoms with Crippen LogP contribution in [-0.2, 0) is 0 Å². The summed E-state index contributed by atoms with van der Waals surface area (Å²) in [5.41, 5.74) is 6.92. The van der Waals surface area contributed by atoms with Gasteiger partial charge in [0, 0.05) is 6.20 Å². The molecular weight excluding hydrogens is 280 g/mol. The van der Waals surface area contributed by atoms with Crippen LogP contribution in [-0.4, -0.2) is 18.1 Å². The Bertz CT molecular complexity index is 384. The number of ether oxygens (including phenoxy) is 1. The van der Waals surface area contributed by atoms with Crippen LogP contribution in [0.15, 0.2) is 16.7 Å². The first kappa shape index (κ1) is 12.8. The van der Waals surface area contributed by atoms with Gasteiger partial charge in [-0.15, -0.1) is 0 Å². The predicted molar refractivity (Wildman–Crippen MR) is 72.1 cm³/mol. The molecule has 2 atom stereocenters. The molecule has 1 aliphatic carbocycles. The molecule has 0 radical (unpaired) electrons. The fraction of sp³-hybridized carbons (Fsp3) is 0.615. The lowest BCUT2D eigenvalue weighted by Gasteiger charge is -2.18. The van der Waals surface area contributed by atoms with Gasteiger partial charge >= 0.3 is 0 Å². The Hall–Kier alpha value is -0.610. The number of nitrogens with two attached hydrogens (primary N) is 1. The van der Waals surface area contributed by atoms with Gasteiger partial charge in [-0.2, -0.15) is 0 Å². The molecule has 0 spiro atoms. The zero-order valence-electron chi connectivity index (χ0n) is 10.2. The van der Waals surface area contributed by atoms with E-state index >= 15 is 0 Å². The van der Waals surface area contributed by atoms with E-state index < -0.39 is 0 Å². The first-order valence-corrected chi connectivity index (χ1v) is 6.95. The molecule has 0 amide bonds. The van der Waals surface area contributed by atoms with E-state index in [9.17, 15) is 0 Å². The second-order valence-electron chi connectivity index (χ2n) is 4.74. The summed E-state index contributed by atoms with van der Waals surface area (Å²) >= 11 is 3.51. The minimum Gasteiger partial charge on any atom is -0.477 e. The van der Waals surface area contributed by atoms with Crippen molar-refractivity contribution >= 4 is 15.9 Å². The van der Waals surface area contributed by atoms with Crippen molar-refractivity contribution in [1.29, 1.82) is 0 Å². The van der Waals surface area contributed by atoms with Crippen LogP contribution in [0.25, 0.3) is 0 Å². The van der Waals surface area contributed by atoms with Gasteiger partial charge in [-0.25, -0.2) is 4.98 Å². The van der Waals surface area contributed by atoms with Crippen LogP contribution in [0.5, 0.6) is 5.88 Å². The van der Waals surface area contributed by atoms with Gasteiger partial charge in [0.1, 0.15) is 0 Å². The second-order valence-corrected chi connectivity index (χ2v) is 5.54. The fourth-order valence-corrected chi connectivity index (χ4v) is 2.79. The Labute approximate surface area is 111 Å². The van der Waals surface area contributed by atoms with Crippen LogP contribution in [0.3, 0.4) is 0 Å². The highest BCUT2D eigenvalue weighted by atomic mass is 79.9. The Morgan fingerprint density at radius 1 is 1.47 bits per heavy atom. The van der Waals surface area contributed by atoms with Gasteiger partial charge in [-0.3, -0.25) is 0 Å². The summed E-state index contributed by atoms with van der Waals surface area (Å²) in [6.07, 6.45) is 5.53. The van der Waals surface area contributed by atoms with Gasteiger partial charge in [0.15, 0.2) is 0 Å². The number of hydrogen-bond acceptors (Lipinski definition) is 3. The minimum atomic E-state index is 0.592. The average Bonchev–Trinajstić information content (AvgIpc) is 2.78. The van der Waals surface area contributed by atoms with Crippen LogP contribution >= 0.6 is 15.9 Å². The topological polar surface area (TPSA) is 48.1 Å². The van der Waals surface area contributed by atoms with E-state index in [0.717, 1.165) is 23.2 Å². The first-order chi connectivity index (χ1) is 8.22. The van der Waals surface area contributed by atoms with Gasteiger partial charge in [-0.05, 0) is 65.7 Å². The zero-order valence-corrected chi connectivity index (χ0v) is 11.7. The third kappa shape index (κ3) is 2.99. The second kappa shape index (κ2) is 5.83. The molecule has 3 nitrogen and oxygen atoms in total. The molecule has 2 N–H and O–H groups in total. The summed E-state index contributed by atoms with van der Waals surface area (Å²) in [4.78, 5) is 4.25. The molecule has 17 heavy (non-hydrogen) atoms. The molecular formula is C13H19BrN2O. The number of rotatable bonds is 4. The molecule has 1 aromatic rings. The molecule has 1 heterocycles. The van der Waals surface area contributed by atoms with Crippen LogP contribution in [0.2, 0.25) is 0 Å². The van der Waals surface area contributed by atoms with E-state index in [1.807, 2.05) is 13.0 Å². The summed E-state index contributed by atoms with van der Waals surface area (Å²) in [5, 5.41) is 0. The highest BCUT2D eigenvalue weighted by molar-refractivity contribution is 9.10. The molecule has 1 fully saturated rings. The van der Waals surface area contributed by atoms with E-state index in [-0.39, 0.29) is 0 Å². The Kier molecular flexibility index (Phi) is 4.40. The highest BCUT2D eigenvalue weighted by Crippen LogP contribution is 2.32. The number of halogens is 1. The van der Waals surface area contributed by atoms with Gasteiger partial charge in [-0.1, -0.05) is 6.42 Å². The Morgan fingerprint density at radius 2 is 2.24 bits per heavy atom. The third-order valence-electron chi connectivity index (χ3n) is 3.60. The SMILES string of the molecule is Cc1ccnc(OCC2CCCC2CN)c1Br. The summed E-state index contributed by atoms with van der Waals surface area (Å²) < 4.78 is 6.78. The Morgan fingerprint density at radius 3 is 3.00 bits per heavy atom. The summed E-state index contributed by atoms with van der Waals surface area (Å²) in [7, 11) is 0. The maximum absolute atomic E-state index is 5.82. The van der Waals surface area contributed by atoms with Gasteiger partial charge in [0.2, 0.25) is 5.88 Å². The van der Waals surface area contributed by atoms with E-state index in [4.69, 9.17) is 10.5 Å². The predicted octanol–water partition coefficient (Wildman–Crippen LogP) is 2.91. The molecule has 0 aromatic carbocycles.